The molecule has 138 valence electrons. The second-order valence-electron chi connectivity index (χ2n) is 6.21. The Balaban J connectivity index is 1.39. The van der Waals surface area contributed by atoms with Crippen molar-refractivity contribution in [3.63, 3.8) is 0 Å². The third kappa shape index (κ3) is 4.29. The third-order valence-corrected chi connectivity index (χ3v) is 4.28. The Morgan fingerprint density at radius 3 is 2.70 bits per heavy atom. The van der Waals surface area contributed by atoms with Gasteiger partial charge in [0.2, 0.25) is 11.7 Å². The fourth-order valence-corrected chi connectivity index (χ4v) is 2.94. The number of ether oxygens (including phenoxy) is 1. The largest absolute Gasteiger partial charge is 0.378 e. The number of hydrogen-bond donors (Lipinski definition) is 1. The van der Waals surface area contributed by atoms with Gasteiger partial charge in [0.25, 0.3) is 0 Å². The Bertz CT molecular complexity index is 905. The molecule has 8 heteroatoms. The number of anilines is 2. The molecule has 1 fully saturated rings. The van der Waals surface area contributed by atoms with Crippen LogP contribution in [0.15, 0.2) is 54.6 Å². The number of aromatic nitrogens is 4. The number of rotatable bonds is 5. The maximum Gasteiger partial charge on any atom is 0.248 e. The summed E-state index contributed by atoms with van der Waals surface area (Å²) < 4.78 is 5.38. The number of hydrogen-bond acceptors (Lipinski definition) is 6. The fraction of sp³-hybridized carbons (Fsp3) is 0.263. The van der Waals surface area contributed by atoms with Crippen molar-refractivity contribution in [3.8, 4) is 11.4 Å². The predicted molar refractivity (Wildman–Crippen MR) is 101 cm³/mol. The summed E-state index contributed by atoms with van der Waals surface area (Å²) in [6, 6.07) is 17.3. The molecule has 0 bridgehead atoms. The number of benzene rings is 2. The van der Waals surface area contributed by atoms with Gasteiger partial charge in [0.15, 0.2) is 0 Å². The van der Waals surface area contributed by atoms with Crippen LogP contribution in [0.25, 0.3) is 11.4 Å². The average Bonchev–Trinajstić information content (AvgIpc) is 3.18. The Labute approximate surface area is 156 Å². The number of morpholine rings is 1. The number of carbonyl (C=O) groups is 1. The molecule has 0 unspecified atom stereocenters. The lowest BCUT2D eigenvalue weighted by atomic mass is 10.2. The highest BCUT2D eigenvalue weighted by Gasteiger charge is 2.13. The van der Waals surface area contributed by atoms with E-state index in [4.69, 9.17) is 4.74 Å². The summed E-state index contributed by atoms with van der Waals surface area (Å²) in [6.07, 6.45) is 0. The first-order valence-electron chi connectivity index (χ1n) is 8.84. The third-order valence-electron chi connectivity index (χ3n) is 4.28. The number of tetrazole rings is 1. The molecule has 1 saturated heterocycles. The first-order chi connectivity index (χ1) is 13.3. The first-order valence-corrected chi connectivity index (χ1v) is 8.84. The number of carbonyl (C=O) groups excluding carboxylic acids is 1. The highest BCUT2D eigenvalue weighted by molar-refractivity contribution is 5.91. The summed E-state index contributed by atoms with van der Waals surface area (Å²) in [7, 11) is 0. The van der Waals surface area contributed by atoms with Gasteiger partial charge < -0.3 is 15.0 Å². The van der Waals surface area contributed by atoms with Crippen LogP contribution >= 0.6 is 0 Å². The van der Waals surface area contributed by atoms with Gasteiger partial charge in [-0.05, 0) is 23.4 Å². The molecule has 1 aromatic heterocycles. The van der Waals surface area contributed by atoms with Gasteiger partial charge in [0.05, 0.1) is 13.2 Å². The minimum atomic E-state index is -0.203. The van der Waals surface area contributed by atoms with E-state index in [1.807, 2.05) is 54.6 Å². The fourth-order valence-electron chi connectivity index (χ4n) is 2.94. The quantitative estimate of drug-likeness (QED) is 0.743. The van der Waals surface area contributed by atoms with Gasteiger partial charge in [-0.3, -0.25) is 4.79 Å². The first kappa shape index (κ1) is 17.2. The zero-order valence-electron chi connectivity index (χ0n) is 14.8. The summed E-state index contributed by atoms with van der Waals surface area (Å²) in [5.41, 5.74) is 2.68. The maximum atomic E-state index is 12.3. The molecule has 1 amide bonds. The van der Waals surface area contributed by atoms with Crippen molar-refractivity contribution in [3.05, 3.63) is 54.6 Å². The molecule has 0 saturated carbocycles. The van der Waals surface area contributed by atoms with E-state index in [1.54, 1.807) is 0 Å². The number of nitrogens with zero attached hydrogens (tertiary/aromatic N) is 5. The lowest BCUT2D eigenvalue weighted by Gasteiger charge is -2.29. The van der Waals surface area contributed by atoms with Crippen molar-refractivity contribution in [2.24, 2.45) is 0 Å². The van der Waals surface area contributed by atoms with E-state index in [1.165, 1.54) is 4.80 Å². The Morgan fingerprint density at radius 2 is 1.89 bits per heavy atom. The smallest absolute Gasteiger partial charge is 0.248 e. The van der Waals surface area contributed by atoms with Crippen LogP contribution in [-0.2, 0) is 16.1 Å². The van der Waals surface area contributed by atoms with E-state index in [0.717, 1.165) is 43.2 Å². The van der Waals surface area contributed by atoms with Crippen LogP contribution in [0.4, 0.5) is 11.4 Å². The number of amides is 1. The molecule has 8 nitrogen and oxygen atoms in total. The van der Waals surface area contributed by atoms with E-state index in [9.17, 15) is 4.79 Å². The van der Waals surface area contributed by atoms with E-state index >= 15 is 0 Å². The van der Waals surface area contributed by atoms with Gasteiger partial charge in [-0.1, -0.05) is 36.4 Å². The Kier molecular flexibility index (Phi) is 5.06. The normalized spacial score (nSPS) is 14.1. The van der Waals surface area contributed by atoms with E-state index < -0.39 is 0 Å². The van der Waals surface area contributed by atoms with Crippen LogP contribution in [-0.4, -0.2) is 52.4 Å². The van der Waals surface area contributed by atoms with Crippen molar-refractivity contribution in [2.75, 3.05) is 36.5 Å². The van der Waals surface area contributed by atoms with Gasteiger partial charge in [0.1, 0.15) is 6.54 Å². The van der Waals surface area contributed by atoms with Crippen LogP contribution < -0.4 is 10.2 Å². The summed E-state index contributed by atoms with van der Waals surface area (Å²) >= 11 is 0. The molecule has 27 heavy (non-hydrogen) atoms. The molecular formula is C19H20N6O2. The summed E-state index contributed by atoms with van der Waals surface area (Å²) in [5.74, 6) is 0.295. The summed E-state index contributed by atoms with van der Waals surface area (Å²) in [4.78, 5) is 15.9. The molecule has 0 atom stereocenters. The number of nitrogens with one attached hydrogen (secondary N) is 1. The van der Waals surface area contributed by atoms with Crippen LogP contribution in [0.5, 0.6) is 0 Å². The highest BCUT2D eigenvalue weighted by Crippen LogP contribution is 2.20. The average molecular weight is 364 g/mol. The topological polar surface area (TPSA) is 85.2 Å². The molecule has 4 rings (SSSR count). The second kappa shape index (κ2) is 7.96. The standard InChI is InChI=1S/C19H20N6O2/c26-18(14-25-22-19(21-23-25)15-5-2-1-3-6-15)20-16-7-4-8-17(13-16)24-9-11-27-12-10-24/h1-8,13H,9-12,14H2,(H,20,26). The van der Waals surface area contributed by atoms with E-state index in [0.29, 0.717) is 5.82 Å². The zero-order valence-corrected chi connectivity index (χ0v) is 14.8. The van der Waals surface area contributed by atoms with Gasteiger partial charge in [-0.15, -0.1) is 10.2 Å². The monoisotopic (exact) mass is 364 g/mol. The van der Waals surface area contributed by atoms with Crippen molar-refractivity contribution in [1.82, 2.24) is 20.2 Å². The highest BCUT2D eigenvalue weighted by atomic mass is 16.5. The van der Waals surface area contributed by atoms with E-state index in [2.05, 4.69) is 25.6 Å². The molecule has 1 aliphatic heterocycles. The molecule has 1 aliphatic rings. The van der Waals surface area contributed by atoms with Crippen LogP contribution in [0.2, 0.25) is 0 Å². The molecule has 0 spiro atoms. The molecule has 3 aromatic rings. The van der Waals surface area contributed by atoms with Crippen molar-refractivity contribution in [1.29, 1.82) is 0 Å². The molecule has 2 heterocycles. The van der Waals surface area contributed by atoms with Gasteiger partial charge in [-0.2, -0.15) is 4.80 Å². The SMILES string of the molecule is O=C(Cn1nnc(-c2ccccc2)n1)Nc1cccc(N2CCOCC2)c1. The van der Waals surface area contributed by atoms with E-state index in [-0.39, 0.29) is 12.5 Å². The van der Waals surface area contributed by atoms with Crippen LogP contribution in [0.3, 0.4) is 0 Å². The zero-order chi connectivity index (χ0) is 18.5. The van der Waals surface area contributed by atoms with Crippen LogP contribution in [0, 0.1) is 0 Å². The Hall–Kier alpha value is -3.26. The van der Waals surface area contributed by atoms with Gasteiger partial charge in [0, 0.05) is 30.0 Å². The lowest BCUT2D eigenvalue weighted by Crippen LogP contribution is -2.36. The van der Waals surface area contributed by atoms with Crippen molar-refractivity contribution in [2.45, 2.75) is 6.54 Å². The van der Waals surface area contributed by atoms with Crippen LogP contribution in [0.1, 0.15) is 0 Å². The van der Waals surface area contributed by atoms with Crippen molar-refractivity contribution < 1.29 is 9.53 Å². The minimum Gasteiger partial charge on any atom is -0.378 e. The molecule has 0 radical (unpaired) electrons. The summed E-state index contributed by atoms with van der Waals surface area (Å²) in [5, 5.41) is 15.1. The Morgan fingerprint density at radius 1 is 1.07 bits per heavy atom. The minimum absolute atomic E-state index is 0.00160. The van der Waals surface area contributed by atoms with Crippen molar-refractivity contribution >= 4 is 17.3 Å². The molecular weight excluding hydrogens is 344 g/mol. The predicted octanol–water partition coefficient (Wildman–Crippen LogP) is 1.82. The molecule has 0 aliphatic carbocycles. The lowest BCUT2D eigenvalue weighted by molar-refractivity contribution is -0.117. The second-order valence-corrected chi connectivity index (χ2v) is 6.21. The summed E-state index contributed by atoms with van der Waals surface area (Å²) in [6.45, 7) is 3.14. The van der Waals surface area contributed by atoms with Gasteiger partial charge >= 0.3 is 0 Å². The maximum absolute atomic E-state index is 12.3. The van der Waals surface area contributed by atoms with Gasteiger partial charge in [-0.25, -0.2) is 0 Å². The molecule has 1 N–H and O–H groups in total. The molecule has 2 aromatic carbocycles.